The van der Waals surface area contributed by atoms with E-state index in [1.807, 2.05) is 12.1 Å². The highest BCUT2D eigenvalue weighted by atomic mass is 79.9. The molecule has 21 heavy (non-hydrogen) atoms. The van der Waals surface area contributed by atoms with Crippen LogP contribution >= 0.6 is 15.9 Å². The van der Waals surface area contributed by atoms with Gasteiger partial charge in [0.05, 0.1) is 18.3 Å². The van der Waals surface area contributed by atoms with E-state index in [4.69, 9.17) is 16.2 Å². The van der Waals surface area contributed by atoms with Crippen molar-refractivity contribution in [2.24, 2.45) is 11.5 Å². The van der Waals surface area contributed by atoms with E-state index in [0.717, 1.165) is 31.4 Å². The van der Waals surface area contributed by atoms with Crippen LogP contribution in [0.5, 0.6) is 0 Å². The number of benzene rings is 1. The highest BCUT2D eigenvalue weighted by molar-refractivity contribution is 9.10. The van der Waals surface area contributed by atoms with Gasteiger partial charge in [0.2, 0.25) is 0 Å². The van der Waals surface area contributed by atoms with Crippen LogP contribution in [0.15, 0.2) is 22.7 Å². The van der Waals surface area contributed by atoms with E-state index in [0.29, 0.717) is 35.3 Å². The van der Waals surface area contributed by atoms with Gasteiger partial charge in [-0.1, -0.05) is 6.07 Å². The van der Waals surface area contributed by atoms with Gasteiger partial charge in [-0.2, -0.15) is 0 Å². The fourth-order valence-electron chi connectivity index (χ4n) is 2.59. The molecule has 116 valence electrons. The largest absolute Gasteiger partial charge is 0.382 e. The van der Waals surface area contributed by atoms with Crippen LogP contribution in [0, 0.1) is 0 Å². The van der Waals surface area contributed by atoms with Crippen LogP contribution in [0.4, 0.5) is 5.69 Å². The van der Waals surface area contributed by atoms with Crippen molar-refractivity contribution in [3.05, 3.63) is 28.2 Å². The van der Waals surface area contributed by atoms with Gasteiger partial charge in [-0.3, -0.25) is 4.79 Å². The molecule has 5 nitrogen and oxygen atoms in total. The minimum absolute atomic E-state index is 0.310. The fourth-order valence-corrected chi connectivity index (χ4v) is 3.15. The van der Waals surface area contributed by atoms with Gasteiger partial charge >= 0.3 is 0 Å². The number of ether oxygens (including phenoxy) is 1. The molecule has 2 rings (SSSR count). The third kappa shape index (κ3) is 4.69. The summed E-state index contributed by atoms with van der Waals surface area (Å²) in [6.07, 6.45) is 4.45. The Balaban J connectivity index is 1.79. The van der Waals surface area contributed by atoms with Gasteiger partial charge in [0, 0.05) is 22.7 Å². The first-order valence-electron chi connectivity index (χ1n) is 7.27. The Morgan fingerprint density at radius 1 is 1.33 bits per heavy atom. The molecule has 1 aliphatic carbocycles. The summed E-state index contributed by atoms with van der Waals surface area (Å²) >= 11 is 3.34. The quantitative estimate of drug-likeness (QED) is 0.682. The summed E-state index contributed by atoms with van der Waals surface area (Å²) in [5, 5.41) is 3.20. The fraction of sp³-hybridized carbons (Fsp3) is 0.533. The summed E-state index contributed by atoms with van der Waals surface area (Å²) in [4.78, 5) is 11.5. The number of rotatable bonds is 6. The first-order chi connectivity index (χ1) is 10.1. The maximum absolute atomic E-state index is 11.5. The molecule has 6 heteroatoms. The molecule has 0 radical (unpaired) electrons. The Bertz CT molecular complexity index is 488. The van der Waals surface area contributed by atoms with Crippen molar-refractivity contribution in [2.45, 2.75) is 37.8 Å². The molecule has 1 aromatic carbocycles. The number of amides is 1. The topological polar surface area (TPSA) is 90.4 Å². The number of hydrogen-bond donors (Lipinski definition) is 3. The van der Waals surface area contributed by atoms with Crippen molar-refractivity contribution in [3.8, 4) is 0 Å². The zero-order chi connectivity index (χ0) is 15.2. The van der Waals surface area contributed by atoms with Crippen LogP contribution in [0.25, 0.3) is 0 Å². The SMILES string of the molecule is NC(=O)c1c(Br)cccc1NCCOC1CCC(N)CC1. The van der Waals surface area contributed by atoms with E-state index in [9.17, 15) is 4.79 Å². The van der Waals surface area contributed by atoms with Crippen LogP contribution in [0.2, 0.25) is 0 Å². The summed E-state index contributed by atoms with van der Waals surface area (Å²) in [7, 11) is 0. The molecule has 0 aromatic heterocycles. The number of primary amides is 1. The van der Waals surface area contributed by atoms with Crippen molar-refractivity contribution in [1.29, 1.82) is 0 Å². The second kappa shape index (κ2) is 7.77. The number of hydrogen-bond acceptors (Lipinski definition) is 4. The van der Waals surface area contributed by atoms with E-state index >= 15 is 0 Å². The molecule has 1 fully saturated rings. The molecule has 0 bridgehead atoms. The molecule has 1 aromatic rings. The van der Waals surface area contributed by atoms with Gasteiger partial charge in [-0.25, -0.2) is 0 Å². The third-order valence-electron chi connectivity index (χ3n) is 3.75. The maximum atomic E-state index is 11.5. The molecule has 0 unspecified atom stereocenters. The smallest absolute Gasteiger partial charge is 0.251 e. The number of carbonyl (C=O) groups excluding carboxylic acids is 1. The van der Waals surface area contributed by atoms with Crippen molar-refractivity contribution >= 4 is 27.5 Å². The average molecular weight is 356 g/mol. The van der Waals surface area contributed by atoms with Crippen molar-refractivity contribution in [3.63, 3.8) is 0 Å². The summed E-state index contributed by atoms with van der Waals surface area (Å²) in [6.45, 7) is 1.24. The number of halogens is 1. The Hall–Kier alpha value is -1.11. The Morgan fingerprint density at radius 3 is 2.71 bits per heavy atom. The van der Waals surface area contributed by atoms with Gasteiger partial charge in [-0.15, -0.1) is 0 Å². The lowest BCUT2D eigenvalue weighted by atomic mass is 9.94. The molecule has 0 atom stereocenters. The molecule has 1 saturated carbocycles. The predicted molar refractivity (Wildman–Crippen MR) is 87.3 cm³/mol. The standard InChI is InChI=1S/C15H22BrN3O2/c16-12-2-1-3-13(14(12)15(18)20)19-8-9-21-11-6-4-10(17)5-7-11/h1-3,10-11,19H,4-9,17H2,(H2,18,20). The van der Waals surface area contributed by atoms with Crippen LogP contribution in [-0.2, 0) is 4.74 Å². The molecule has 0 saturated heterocycles. The van der Waals surface area contributed by atoms with Crippen LogP contribution < -0.4 is 16.8 Å². The summed E-state index contributed by atoms with van der Waals surface area (Å²) in [5.74, 6) is -0.452. The molecule has 0 aliphatic heterocycles. The van der Waals surface area contributed by atoms with Crippen LogP contribution in [0.3, 0.4) is 0 Å². The van der Waals surface area contributed by atoms with E-state index in [1.165, 1.54) is 0 Å². The highest BCUT2D eigenvalue weighted by Crippen LogP contribution is 2.24. The minimum atomic E-state index is -0.452. The van der Waals surface area contributed by atoms with Crippen molar-refractivity contribution in [2.75, 3.05) is 18.5 Å². The van der Waals surface area contributed by atoms with E-state index in [2.05, 4.69) is 21.2 Å². The number of anilines is 1. The van der Waals surface area contributed by atoms with E-state index in [1.54, 1.807) is 6.07 Å². The molecule has 1 amide bonds. The van der Waals surface area contributed by atoms with Gasteiger partial charge in [0.1, 0.15) is 0 Å². The number of nitrogens with two attached hydrogens (primary N) is 2. The minimum Gasteiger partial charge on any atom is -0.382 e. The lowest BCUT2D eigenvalue weighted by Crippen LogP contribution is -2.31. The number of carbonyl (C=O) groups is 1. The molecular weight excluding hydrogens is 334 g/mol. The molecule has 0 spiro atoms. The summed E-state index contributed by atoms with van der Waals surface area (Å²) in [6, 6.07) is 5.84. The first kappa shape index (κ1) is 16.3. The van der Waals surface area contributed by atoms with Gasteiger partial charge in [0.25, 0.3) is 5.91 Å². The molecule has 1 aliphatic rings. The number of nitrogens with one attached hydrogen (secondary N) is 1. The van der Waals surface area contributed by atoms with E-state index in [-0.39, 0.29) is 0 Å². The molecule has 5 N–H and O–H groups in total. The predicted octanol–water partition coefficient (Wildman–Crippen LogP) is 2.25. The Labute approximate surface area is 133 Å². The van der Waals surface area contributed by atoms with Crippen LogP contribution in [-0.4, -0.2) is 31.2 Å². The molecule has 0 heterocycles. The van der Waals surface area contributed by atoms with Crippen molar-refractivity contribution < 1.29 is 9.53 Å². The second-order valence-electron chi connectivity index (χ2n) is 5.36. The second-order valence-corrected chi connectivity index (χ2v) is 6.22. The summed E-state index contributed by atoms with van der Waals surface area (Å²) < 4.78 is 6.53. The molecular formula is C15H22BrN3O2. The lowest BCUT2D eigenvalue weighted by Gasteiger charge is -2.26. The van der Waals surface area contributed by atoms with E-state index < -0.39 is 5.91 Å². The normalized spacial score (nSPS) is 22.0. The highest BCUT2D eigenvalue weighted by Gasteiger charge is 2.18. The Morgan fingerprint density at radius 2 is 2.05 bits per heavy atom. The third-order valence-corrected chi connectivity index (χ3v) is 4.41. The summed E-state index contributed by atoms with van der Waals surface area (Å²) in [5.41, 5.74) is 12.5. The maximum Gasteiger partial charge on any atom is 0.251 e. The van der Waals surface area contributed by atoms with Gasteiger partial charge in [0.15, 0.2) is 0 Å². The zero-order valence-electron chi connectivity index (χ0n) is 12.0. The van der Waals surface area contributed by atoms with Crippen LogP contribution in [0.1, 0.15) is 36.0 Å². The monoisotopic (exact) mass is 355 g/mol. The first-order valence-corrected chi connectivity index (χ1v) is 8.06. The van der Waals surface area contributed by atoms with Crippen molar-refractivity contribution in [1.82, 2.24) is 0 Å². The zero-order valence-corrected chi connectivity index (χ0v) is 13.6. The van der Waals surface area contributed by atoms with Gasteiger partial charge in [-0.05, 0) is 53.7 Å². The van der Waals surface area contributed by atoms with Gasteiger partial charge < -0.3 is 21.5 Å². The Kier molecular flexibility index (Phi) is 6.02. The lowest BCUT2D eigenvalue weighted by molar-refractivity contribution is 0.0313. The average Bonchev–Trinajstić information content (AvgIpc) is 2.45.